The third-order valence-electron chi connectivity index (χ3n) is 3.87. The molecule has 0 radical (unpaired) electrons. The minimum Gasteiger partial charge on any atom is -0.485 e. The van der Waals surface area contributed by atoms with E-state index >= 15 is 0 Å². The van der Waals surface area contributed by atoms with Crippen LogP contribution in [0.2, 0.25) is 0 Å². The molecule has 1 amide bonds. The van der Waals surface area contributed by atoms with Crippen LogP contribution in [0.25, 0.3) is 0 Å². The van der Waals surface area contributed by atoms with Crippen molar-refractivity contribution < 1.29 is 14.3 Å². The first-order valence-electron chi connectivity index (χ1n) is 8.27. The number of benzene rings is 2. The number of fused-ring (bicyclic) bond motifs is 1. The summed E-state index contributed by atoms with van der Waals surface area (Å²) in [5.41, 5.74) is 2.04. The Labute approximate surface area is 155 Å². The lowest BCUT2D eigenvalue weighted by Gasteiger charge is -2.27. The first-order valence-corrected chi connectivity index (χ1v) is 9.06. The molecule has 0 aromatic heterocycles. The maximum atomic E-state index is 11.0. The van der Waals surface area contributed by atoms with Crippen LogP contribution in [-0.4, -0.2) is 31.7 Å². The fraction of sp³-hybridized carbons (Fsp3) is 0.316. The van der Waals surface area contributed by atoms with E-state index in [4.69, 9.17) is 9.47 Å². The Morgan fingerprint density at radius 1 is 1.24 bits per heavy atom. The van der Waals surface area contributed by atoms with Gasteiger partial charge in [-0.05, 0) is 58.7 Å². The van der Waals surface area contributed by atoms with E-state index in [1.807, 2.05) is 42.5 Å². The second-order valence-corrected chi connectivity index (χ2v) is 6.80. The molecule has 1 heterocycles. The van der Waals surface area contributed by atoms with Gasteiger partial charge in [-0.1, -0.05) is 18.2 Å². The molecule has 25 heavy (non-hydrogen) atoms. The molecule has 132 valence electrons. The smallest absolute Gasteiger partial charge is 0.221 e. The van der Waals surface area contributed by atoms with Gasteiger partial charge in [0.1, 0.15) is 12.7 Å². The Kier molecular flexibility index (Phi) is 5.94. The molecule has 0 fully saturated rings. The third kappa shape index (κ3) is 4.96. The number of ether oxygens (including phenoxy) is 2. The highest BCUT2D eigenvalue weighted by Gasteiger charge is 2.22. The van der Waals surface area contributed by atoms with Crippen molar-refractivity contribution in [2.24, 2.45) is 0 Å². The number of anilines is 1. The van der Waals surface area contributed by atoms with Gasteiger partial charge in [-0.15, -0.1) is 0 Å². The number of hydrogen-bond donors (Lipinski definition) is 2. The molecule has 2 aromatic carbocycles. The average Bonchev–Trinajstić information content (AvgIpc) is 2.60. The van der Waals surface area contributed by atoms with E-state index in [0.29, 0.717) is 6.61 Å². The zero-order valence-corrected chi connectivity index (χ0v) is 15.6. The first-order chi connectivity index (χ1) is 12.1. The van der Waals surface area contributed by atoms with Crippen LogP contribution >= 0.6 is 15.9 Å². The maximum Gasteiger partial charge on any atom is 0.221 e. The Morgan fingerprint density at radius 2 is 2.04 bits per heavy atom. The molecular weight excluding hydrogens is 384 g/mol. The molecule has 0 bridgehead atoms. The van der Waals surface area contributed by atoms with E-state index in [9.17, 15) is 4.79 Å². The summed E-state index contributed by atoms with van der Waals surface area (Å²) in [7, 11) is 0. The second-order valence-electron chi connectivity index (χ2n) is 5.95. The third-order valence-corrected chi connectivity index (χ3v) is 4.50. The van der Waals surface area contributed by atoms with Crippen LogP contribution < -0.4 is 20.1 Å². The molecule has 2 N–H and O–H groups in total. The quantitative estimate of drug-likeness (QED) is 0.724. The predicted molar refractivity (Wildman–Crippen MR) is 101 cm³/mol. The van der Waals surface area contributed by atoms with Crippen LogP contribution in [0, 0.1) is 0 Å². The minimum atomic E-state index is -0.0577. The van der Waals surface area contributed by atoms with Crippen LogP contribution in [0.3, 0.4) is 0 Å². The van der Waals surface area contributed by atoms with Crippen molar-refractivity contribution in [1.29, 1.82) is 0 Å². The fourth-order valence-corrected chi connectivity index (χ4v) is 3.13. The highest BCUT2D eigenvalue weighted by Crippen LogP contribution is 2.37. The standard InChI is InChI=1S/C19H21BrN2O3/c1-13(23)22-15-7-5-14(6-8-15)9-10-21-11-16-12-24-19-17(20)3-2-4-18(19)25-16/h2-8,16,21H,9-12H2,1H3,(H,22,23). The summed E-state index contributed by atoms with van der Waals surface area (Å²) in [6, 6.07) is 13.7. The van der Waals surface area contributed by atoms with Gasteiger partial charge < -0.3 is 20.1 Å². The van der Waals surface area contributed by atoms with E-state index in [1.54, 1.807) is 0 Å². The van der Waals surface area contributed by atoms with Crippen molar-refractivity contribution in [3.8, 4) is 11.5 Å². The zero-order chi connectivity index (χ0) is 17.6. The van der Waals surface area contributed by atoms with Crippen molar-refractivity contribution >= 4 is 27.5 Å². The monoisotopic (exact) mass is 404 g/mol. The number of rotatable bonds is 6. The molecule has 1 aliphatic rings. The van der Waals surface area contributed by atoms with Crippen molar-refractivity contribution in [2.75, 3.05) is 25.0 Å². The lowest BCUT2D eigenvalue weighted by Crippen LogP contribution is -2.39. The summed E-state index contributed by atoms with van der Waals surface area (Å²) >= 11 is 3.47. The molecule has 5 nitrogen and oxygen atoms in total. The second kappa shape index (κ2) is 8.36. The molecule has 1 aliphatic heterocycles. The largest absolute Gasteiger partial charge is 0.485 e. The summed E-state index contributed by atoms with van der Waals surface area (Å²) in [6.45, 7) is 3.63. The number of halogens is 1. The summed E-state index contributed by atoms with van der Waals surface area (Å²) < 4.78 is 12.7. The van der Waals surface area contributed by atoms with E-state index in [1.165, 1.54) is 12.5 Å². The normalized spacial score (nSPS) is 15.7. The topological polar surface area (TPSA) is 59.6 Å². The molecular formula is C19H21BrN2O3. The van der Waals surface area contributed by atoms with Gasteiger partial charge in [-0.2, -0.15) is 0 Å². The Morgan fingerprint density at radius 3 is 2.80 bits per heavy atom. The van der Waals surface area contributed by atoms with Gasteiger partial charge in [0.05, 0.1) is 4.47 Å². The fourth-order valence-electron chi connectivity index (χ4n) is 2.67. The predicted octanol–water partition coefficient (Wildman–Crippen LogP) is 3.38. The van der Waals surface area contributed by atoms with Gasteiger partial charge in [0.25, 0.3) is 0 Å². The van der Waals surface area contributed by atoms with Crippen molar-refractivity contribution in [3.63, 3.8) is 0 Å². The molecule has 0 saturated heterocycles. The Bertz CT molecular complexity index is 734. The van der Waals surface area contributed by atoms with Gasteiger partial charge in [-0.3, -0.25) is 4.79 Å². The zero-order valence-electron chi connectivity index (χ0n) is 14.0. The lowest BCUT2D eigenvalue weighted by atomic mass is 10.1. The summed E-state index contributed by atoms with van der Waals surface area (Å²) in [6.07, 6.45) is 0.916. The lowest BCUT2D eigenvalue weighted by molar-refractivity contribution is -0.114. The number of amides is 1. The molecule has 0 saturated carbocycles. The first kappa shape index (κ1) is 17.8. The van der Waals surface area contributed by atoms with Gasteiger partial charge in [0, 0.05) is 19.2 Å². The highest BCUT2D eigenvalue weighted by atomic mass is 79.9. The van der Waals surface area contributed by atoms with E-state index in [0.717, 1.165) is 41.2 Å². The van der Waals surface area contributed by atoms with Crippen LogP contribution in [0.15, 0.2) is 46.9 Å². The van der Waals surface area contributed by atoms with Crippen molar-refractivity contribution in [2.45, 2.75) is 19.4 Å². The van der Waals surface area contributed by atoms with E-state index < -0.39 is 0 Å². The summed E-state index contributed by atoms with van der Waals surface area (Å²) in [5, 5.41) is 6.18. The number of carbonyl (C=O) groups is 1. The minimum absolute atomic E-state index is 0.00365. The van der Waals surface area contributed by atoms with Crippen LogP contribution in [0.1, 0.15) is 12.5 Å². The number of carbonyl (C=O) groups excluding carboxylic acids is 1. The average molecular weight is 405 g/mol. The van der Waals surface area contributed by atoms with Gasteiger partial charge in [-0.25, -0.2) is 0 Å². The number of hydrogen-bond acceptors (Lipinski definition) is 4. The molecule has 0 spiro atoms. The van der Waals surface area contributed by atoms with Crippen LogP contribution in [0.4, 0.5) is 5.69 Å². The van der Waals surface area contributed by atoms with Crippen molar-refractivity contribution in [1.82, 2.24) is 5.32 Å². The molecule has 1 unspecified atom stereocenters. The molecule has 6 heteroatoms. The van der Waals surface area contributed by atoms with E-state index in [2.05, 4.69) is 26.6 Å². The highest BCUT2D eigenvalue weighted by molar-refractivity contribution is 9.10. The van der Waals surface area contributed by atoms with Crippen LogP contribution in [-0.2, 0) is 11.2 Å². The SMILES string of the molecule is CC(=O)Nc1ccc(CCNCC2COc3c(Br)cccc3O2)cc1. The van der Waals surface area contributed by atoms with E-state index in [-0.39, 0.29) is 12.0 Å². The Hall–Kier alpha value is -2.05. The molecule has 0 aliphatic carbocycles. The van der Waals surface area contributed by atoms with Crippen molar-refractivity contribution in [3.05, 3.63) is 52.5 Å². The van der Waals surface area contributed by atoms with Gasteiger partial charge in [0.15, 0.2) is 11.5 Å². The summed E-state index contributed by atoms with van der Waals surface area (Å²) in [4.78, 5) is 11.0. The number of para-hydroxylation sites is 1. The summed E-state index contributed by atoms with van der Waals surface area (Å²) in [5.74, 6) is 1.50. The Balaban J connectivity index is 1.41. The van der Waals surface area contributed by atoms with Gasteiger partial charge in [0.2, 0.25) is 5.91 Å². The van der Waals surface area contributed by atoms with Gasteiger partial charge >= 0.3 is 0 Å². The molecule has 1 atom stereocenters. The molecule has 2 aromatic rings. The maximum absolute atomic E-state index is 11.0. The van der Waals surface area contributed by atoms with Crippen LogP contribution in [0.5, 0.6) is 11.5 Å². The molecule has 3 rings (SSSR count). The number of nitrogens with one attached hydrogen (secondary N) is 2.